The van der Waals surface area contributed by atoms with E-state index in [-0.39, 0.29) is 0 Å². The summed E-state index contributed by atoms with van der Waals surface area (Å²) < 4.78 is 18.2. The molecule has 0 aliphatic rings. The number of methoxy groups -OCH3 is 3. The van der Waals surface area contributed by atoms with Crippen molar-refractivity contribution in [2.24, 2.45) is 10.1 Å². The first-order valence-electron chi connectivity index (χ1n) is 8.40. The molecule has 0 spiro atoms. The normalized spacial score (nSPS) is 11.8. The number of hydrogen-bond acceptors (Lipinski definition) is 7. The lowest BCUT2D eigenvalue weighted by Crippen LogP contribution is -2.12. The van der Waals surface area contributed by atoms with E-state index in [2.05, 4.69) is 16.7 Å². The molecule has 3 rings (SSSR count). The van der Waals surface area contributed by atoms with Gasteiger partial charge < -0.3 is 14.2 Å². The van der Waals surface area contributed by atoms with Crippen LogP contribution in [0.3, 0.4) is 0 Å². The highest BCUT2D eigenvalue weighted by molar-refractivity contribution is 7.08. The van der Waals surface area contributed by atoms with Crippen LogP contribution in [0.5, 0.6) is 17.2 Å². The molecular weight excluding hydrogens is 394 g/mol. The van der Waals surface area contributed by atoms with Crippen molar-refractivity contribution in [3.05, 3.63) is 57.4 Å². The minimum Gasteiger partial charge on any atom is -0.493 e. The van der Waals surface area contributed by atoms with E-state index in [1.807, 2.05) is 45.2 Å². The van der Waals surface area contributed by atoms with E-state index < -0.39 is 0 Å². The van der Waals surface area contributed by atoms with Crippen molar-refractivity contribution < 1.29 is 14.2 Å². The summed E-state index contributed by atoms with van der Waals surface area (Å²) in [6, 6.07) is 5.81. The first-order chi connectivity index (χ1) is 13.7. The molecule has 0 aliphatic carbocycles. The lowest BCUT2D eigenvalue weighted by Gasteiger charge is -2.14. The van der Waals surface area contributed by atoms with Crippen molar-refractivity contribution in [1.82, 2.24) is 4.68 Å². The molecule has 0 aliphatic heterocycles. The van der Waals surface area contributed by atoms with Crippen molar-refractivity contribution in [3.8, 4) is 28.5 Å². The molecule has 0 radical (unpaired) electrons. The summed E-state index contributed by atoms with van der Waals surface area (Å²) in [7, 11) is 4.78. The van der Waals surface area contributed by atoms with Gasteiger partial charge in [-0.1, -0.05) is 6.08 Å². The number of nitrogens with zero attached hydrogens (tertiary/aromatic N) is 3. The molecule has 0 N–H and O–H groups in total. The molecule has 3 aromatic rings. The molecule has 2 heterocycles. The van der Waals surface area contributed by atoms with Gasteiger partial charge >= 0.3 is 0 Å². The fourth-order valence-electron chi connectivity index (χ4n) is 2.56. The Morgan fingerprint density at radius 3 is 2.43 bits per heavy atom. The van der Waals surface area contributed by atoms with Crippen LogP contribution < -0.4 is 19.0 Å². The summed E-state index contributed by atoms with van der Waals surface area (Å²) >= 11 is 3.14. The Morgan fingerprint density at radius 2 is 1.86 bits per heavy atom. The second-order valence-corrected chi connectivity index (χ2v) is 7.18. The van der Waals surface area contributed by atoms with Gasteiger partial charge in [0.05, 0.1) is 39.8 Å². The molecule has 2 aromatic heterocycles. The SMILES string of the molecule is C=CCN=c1scc(-c2cc(OC)c(OC)c(OC)c2)n1N=Cc1ccsc1. The third kappa shape index (κ3) is 4.18. The van der Waals surface area contributed by atoms with Gasteiger partial charge in [0.15, 0.2) is 11.5 Å². The number of thiophene rings is 1. The van der Waals surface area contributed by atoms with Crippen LogP contribution >= 0.6 is 22.7 Å². The number of ether oxygens (including phenoxy) is 3. The number of aromatic nitrogens is 1. The van der Waals surface area contributed by atoms with E-state index in [1.165, 1.54) is 11.3 Å². The predicted molar refractivity (Wildman–Crippen MR) is 115 cm³/mol. The maximum atomic E-state index is 5.49. The summed E-state index contributed by atoms with van der Waals surface area (Å²) in [5, 5.41) is 10.7. The maximum Gasteiger partial charge on any atom is 0.206 e. The van der Waals surface area contributed by atoms with Gasteiger partial charge in [0, 0.05) is 16.5 Å². The Balaban J connectivity index is 2.16. The first kappa shape index (κ1) is 19.9. The molecule has 0 saturated heterocycles. The van der Waals surface area contributed by atoms with Crippen LogP contribution in [0.1, 0.15) is 5.56 Å². The Morgan fingerprint density at radius 1 is 1.11 bits per heavy atom. The topological polar surface area (TPSA) is 57.3 Å². The zero-order valence-electron chi connectivity index (χ0n) is 15.9. The Bertz CT molecular complexity index is 1010. The second kappa shape index (κ2) is 9.38. The minimum atomic E-state index is 0.517. The third-order valence-corrected chi connectivity index (χ3v) is 5.42. The van der Waals surface area contributed by atoms with Gasteiger partial charge in [-0.05, 0) is 29.0 Å². The van der Waals surface area contributed by atoms with Gasteiger partial charge in [-0.2, -0.15) is 16.4 Å². The Labute approximate surface area is 171 Å². The van der Waals surface area contributed by atoms with E-state index in [0.717, 1.165) is 21.6 Å². The molecule has 1 aromatic carbocycles. The molecule has 146 valence electrons. The van der Waals surface area contributed by atoms with Crippen LogP contribution in [-0.2, 0) is 0 Å². The molecule has 8 heteroatoms. The quantitative estimate of drug-likeness (QED) is 0.408. The van der Waals surface area contributed by atoms with E-state index in [9.17, 15) is 0 Å². The minimum absolute atomic E-state index is 0.517. The van der Waals surface area contributed by atoms with Crippen molar-refractivity contribution in [2.75, 3.05) is 27.9 Å². The van der Waals surface area contributed by atoms with Gasteiger partial charge in [-0.15, -0.1) is 17.9 Å². The van der Waals surface area contributed by atoms with Crippen LogP contribution in [0.4, 0.5) is 0 Å². The van der Waals surface area contributed by atoms with Crippen molar-refractivity contribution >= 4 is 28.9 Å². The molecule has 0 unspecified atom stereocenters. The average Bonchev–Trinajstić information content (AvgIpc) is 3.39. The third-order valence-electron chi connectivity index (χ3n) is 3.87. The summed E-state index contributed by atoms with van der Waals surface area (Å²) in [5.41, 5.74) is 2.79. The van der Waals surface area contributed by atoms with Gasteiger partial charge in [-0.3, -0.25) is 4.99 Å². The molecule has 6 nitrogen and oxygen atoms in total. The highest BCUT2D eigenvalue weighted by atomic mass is 32.1. The second-order valence-electron chi connectivity index (χ2n) is 5.56. The zero-order chi connectivity index (χ0) is 19.9. The lowest BCUT2D eigenvalue weighted by atomic mass is 10.1. The molecule has 0 fully saturated rings. The van der Waals surface area contributed by atoms with Crippen molar-refractivity contribution in [2.45, 2.75) is 0 Å². The molecule has 0 amide bonds. The number of thiazole rings is 1. The molecule has 0 saturated carbocycles. The number of rotatable bonds is 8. The Kier molecular flexibility index (Phi) is 6.67. The van der Waals surface area contributed by atoms with Crippen molar-refractivity contribution in [1.29, 1.82) is 0 Å². The fourth-order valence-corrected chi connectivity index (χ4v) is 4.02. The van der Waals surface area contributed by atoms with Crippen LogP contribution in [0, 0.1) is 0 Å². The fraction of sp³-hybridized carbons (Fsp3) is 0.200. The summed E-state index contributed by atoms with van der Waals surface area (Å²) in [6.07, 6.45) is 3.57. The summed E-state index contributed by atoms with van der Waals surface area (Å²) in [6.45, 7) is 4.26. The predicted octanol–water partition coefficient (Wildman–Crippen LogP) is 4.27. The van der Waals surface area contributed by atoms with Crippen molar-refractivity contribution in [3.63, 3.8) is 0 Å². The molecular formula is C20H21N3O3S2. The smallest absolute Gasteiger partial charge is 0.206 e. The van der Waals surface area contributed by atoms with Crippen LogP contribution in [0.15, 0.2) is 57.1 Å². The van der Waals surface area contributed by atoms with Gasteiger partial charge in [-0.25, -0.2) is 4.68 Å². The Hall–Kier alpha value is -2.84. The van der Waals surface area contributed by atoms with Gasteiger partial charge in [0.25, 0.3) is 0 Å². The molecule has 0 atom stereocenters. The maximum absolute atomic E-state index is 5.49. The van der Waals surface area contributed by atoms with E-state index in [0.29, 0.717) is 23.8 Å². The largest absolute Gasteiger partial charge is 0.493 e. The van der Waals surface area contributed by atoms with Gasteiger partial charge in [0.2, 0.25) is 10.6 Å². The van der Waals surface area contributed by atoms with Gasteiger partial charge in [0.1, 0.15) is 0 Å². The average molecular weight is 416 g/mol. The number of benzene rings is 1. The first-order valence-corrected chi connectivity index (χ1v) is 10.2. The summed E-state index contributed by atoms with van der Waals surface area (Å²) in [4.78, 5) is 5.33. The molecule has 0 bridgehead atoms. The van der Waals surface area contributed by atoms with Crippen LogP contribution in [-0.4, -0.2) is 38.8 Å². The van der Waals surface area contributed by atoms with Crippen LogP contribution in [0.25, 0.3) is 11.3 Å². The highest BCUT2D eigenvalue weighted by Gasteiger charge is 2.16. The standard InChI is InChI=1S/C20H21N3O3S2/c1-5-7-21-20-23(22-11-14-6-8-27-12-14)16(13-28-20)15-9-17(24-2)19(26-4)18(10-15)25-3/h5-6,8-13H,1,7H2,2-4H3. The summed E-state index contributed by atoms with van der Waals surface area (Å²) in [5.74, 6) is 1.72. The van der Waals surface area contributed by atoms with Crippen LogP contribution in [0.2, 0.25) is 0 Å². The molecule has 28 heavy (non-hydrogen) atoms. The zero-order valence-corrected chi connectivity index (χ0v) is 17.5. The van der Waals surface area contributed by atoms with E-state index in [4.69, 9.17) is 14.2 Å². The van der Waals surface area contributed by atoms with E-state index in [1.54, 1.807) is 38.7 Å². The van der Waals surface area contributed by atoms with E-state index >= 15 is 0 Å². The monoisotopic (exact) mass is 415 g/mol. The number of hydrogen-bond donors (Lipinski definition) is 0. The highest BCUT2D eigenvalue weighted by Crippen LogP contribution is 2.41. The lowest BCUT2D eigenvalue weighted by molar-refractivity contribution is 0.324.